The fraction of sp³-hybridized carbons (Fsp3) is 0.562. The largest absolute Gasteiger partial charge is 0.423 e. The Kier molecular flexibility index (Phi) is 3.11. The summed E-state index contributed by atoms with van der Waals surface area (Å²) in [5, 5.41) is 0. The molecule has 96 valence electrons. The predicted octanol–water partition coefficient (Wildman–Crippen LogP) is 3.72. The maximum absolute atomic E-state index is 12.1. The predicted molar refractivity (Wildman–Crippen MR) is 72.6 cm³/mol. The molecule has 0 aliphatic heterocycles. The Hall–Kier alpha value is -1.31. The minimum absolute atomic E-state index is 0.0935. The molecular weight excluding hydrogens is 224 g/mol. The molecule has 0 spiro atoms. The van der Waals surface area contributed by atoms with E-state index in [1.54, 1.807) is 0 Å². The van der Waals surface area contributed by atoms with Crippen LogP contribution in [0.5, 0.6) is 0 Å². The number of hydrogen-bond donors (Lipinski definition) is 0. The van der Waals surface area contributed by atoms with Crippen molar-refractivity contribution < 1.29 is 4.42 Å². The molecule has 0 saturated carbocycles. The third-order valence-corrected chi connectivity index (χ3v) is 4.20. The first-order valence-corrected chi connectivity index (χ1v) is 7.09. The van der Waals surface area contributed by atoms with Gasteiger partial charge in [-0.25, -0.2) is 4.79 Å². The van der Waals surface area contributed by atoms with Crippen LogP contribution in [0.25, 0.3) is 5.57 Å². The second-order valence-electron chi connectivity index (χ2n) is 5.73. The van der Waals surface area contributed by atoms with E-state index in [-0.39, 0.29) is 5.63 Å². The van der Waals surface area contributed by atoms with E-state index in [0.717, 1.165) is 37.0 Å². The summed E-state index contributed by atoms with van der Waals surface area (Å²) in [5.74, 6) is 1.43. The molecule has 0 saturated heterocycles. The molecule has 0 amide bonds. The van der Waals surface area contributed by atoms with Gasteiger partial charge in [0, 0.05) is 5.56 Å². The fourth-order valence-corrected chi connectivity index (χ4v) is 3.15. The Morgan fingerprint density at radius 3 is 2.94 bits per heavy atom. The van der Waals surface area contributed by atoms with Gasteiger partial charge in [0.2, 0.25) is 0 Å². The van der Waals surface area contributed by atoms with Crippen LogP contribution in [-0.2, 0) is 12.8 Å². The molecule has 1 aromatic heterocycles. The van der Waals surface area contributed by atoms with Gasteiger partial charge in [-0.1, -0.05) is 19.4 Å². The Morgan fingerprint density at radius 1 is 1.28 bits per heavy atom. The van der Waals surface area contributed by atoms with Gasteiger partial charge in [-0.15, -0.1) is 0 Å². The van der Waals surface area contributed by atoms with Crippen molar-refractivity contribution in [2.24, 2.45) is 5.92 Å². The maximum atomic E-state index is 12.1. The van der Waals surface area contributed by atoms with Crippen molar-refractivity contribution in [3.05, 3.63) is 39.4 Å². The molecule has 1 atom stereocenters. The van der Waals surface area contributed by atoms with Gasteiger partial charge in [-0.05, 0) is 61.6 Å². The Bertz CT molecular complexity index is 537. The van der Waals surface area contributed by atoms with Crippen molar-refractivity contribution in [1.82, 2.24) is 0 Å². The maximum Gasteiger partial charge on any atom is 0.339 e. The van der Waals surface area contributed by atoms with Gasteiger partial charge >= 0.3 is 5.63 Å². The lowest BCUT2D eigenvalue weighted by Gasteiger charge is -2.09. The Balaban J connectivity index is 2.04. The molecule has 1 unspecified atom stereocenters. The molecule has 2 aliphatic carbocycles. The van der Waals surface area contributed by atoms with Crippen LogP contribution >= 0.6 is 0 Å². The highest BCUT2D eigenvalue weighted by atomic mass is 16.4. The highest BCUT2D eigenvalue weighted by molar-refractivity contribution is 5.63. The summed E-state index contributed by atoms with van der Waals surface area (Å²) in [7, 11) is 0. The molecular formula is C16H20O2. The number of rotatable bonds is 1. The van der Waals surface area contributed by atoms with Gasteiger partial charge in [0.05, 0.1) is 0 Å². The highest BCUT2D eigenvalue weighted by Gasteiger charge is 2.20. The van der Waals surface area contributed by atoms with Gasteiger partial charge in [0.15, 0.2) is 0 Å². The molecule has 0 aromatic carbocycles. The van der Waals surface area contributed by atoms with Crippen LogP contribution in [0.4, 0.5) is 0 Å². The molecule has 2 aliphatic rings. The van der Waals surface area contributed by atoms with Crippen molar-refractivity contribution >= 4 is 5.57 Å². The summed E-state index contributed by atoms with van der Waals surface area (Å²) in [6, 6.07) is 2.13. The van der Waals surface area contributed by atoms with Gasteiger partial charge < -0.3 is 4.42 Å². The van der Waals surface area contributed by atoms with Crippen LogP contribution in [0.15, 0.2) is 21.4 Å². The standard InChI is InChI=1S/C16H20O2/c1-11-5-4-8-13-10-15(12-6-2-3-7-12)18-16(17)14(13)9-11/h6,10-11H,2-5,7-9H2,1H3. The summed E-state index contributed by atoms with van der Waals surface area (Å²) >= 11 is 0. The number of hydrogen-bond acceptors (Lipinski definition) is 2. The van der Waals surface area contributed by atoms with E-state index in [0.29, 0.717) is 5.92 Å². The molecule has 1 aromatic rings. The summed E-state index contributed by atoms with van der Waals surface area (Å²) in [6.07, 6.45) is 9.90. The average Bonchev–Trinajstić information content (AvgIpc) is 2.80. The zero-order valence-electron chi connectivity index (χ0n) is 11.0. The van der Waals surface area contributed by atoms with Crippen LogP contribution in [0.1, 0.15) is 55.9 Å². The summed E-state index contributed by atoms with van der Waals surface area (Å²) in [5.41, 5.74) is 3.30. The van der Waals surface area contributed by atoms with Gasteiger partial charge in [0.25, 0.3) is 0 Å². The summed E-state index contributed by atoms with van der Waals surface area (Å²) in [6.45, 7) is 2.22. The van der Waals surface area contributed by atoms with Gasteiger partial charge in [0.1, 0.15) is 5.76 Å². The van der Waals surface area contributed by atoms with Gasteiger partial charge in [-0.2, -0.15) is 0 Å². The molecule has 0 N–H and O–H groups in total. The lowest BCUT2D eigenvalue weighted by atomic mass is 9.99. The highest BCUT2D eigenvalue weighted by Crippen LogP contribution is 2.30. The van der Waals surface area contributed by atoms with Crippen LogP contribution in [0.3, 0.4) is 0 Å². The Morgan fingerprint density at radius 2 is 2.17 bits per heavy atom. The van der Waals surface area contributed by atoms with Crippen LogP contribution in [0, 0.1) is 5.92 Å². The zero-order chi connectivity index (χ0) is 12.5. The number of fused-ring (bicyclic) bond motifs is 1. The smallest absolute Gasteiger partial charge is 0.339 e. The average molecular weight is 244 g/mol. The second kappa shape index (κ2) is 4.75. The molecule has 3 rings (SSSR count). The SMILES string of the molecule is CC1CCCc2cc(C3=CCCC3)oc(=O)c2C1. The number of aryl methyl sites for hydroxylation is 1. The minimum atomic E-state index is -0.0935. The van der Waals surface area contributed by atoms with Crippen LogP contribution in [0.2, 0.25) is 0 Å². The summed E-state index contributed by atoms with van der Waals surface area (Å²) in [4.78, 5) is 12.1. The van der Waals surface area contributed by atoms with Gasteiger partial charge in [-0.3, -0.25) is 0 Å². The molecule has 0 fully saturated rings. The van der Waals surface area contributed by atoms with E-state index in [1.165, 1.54) is 30.4 Å². The third-order valence-electron chi connectivity index (χ3n) is 4.20. The van der Waals surface area contributed by atoms with Crippen molar-refractivity contribution in [1.29, 1.82) is 0 Å². The Labute approximate surface area is 108 Å². The monoisotopic (exact) mass is 244 g/mol. The van der Waals surface area contributed by atoms with Crippen molar-refractivity contribution in [3.8, 4) is 0 Å². The lowest BCUT2D eigenvalue weighted by molar-refractivity contribution is 0.472. The molecule has 18 heavy (non-hydrogen) atoms. The minimum Gasteiger partial charge on any atom is -0.423 e. The van der Waals surface area contributed by atoms with E-state index in [2.05, 4.69) is 19.1 Å². The third kappa shape index (κ3) is 2.16. The zero-order valence-corrected chi connectivity index (χ0v) is 11.0. The van der Waals surface area contributed by atoms with E-state index >= 15 is 0 Å². The molecule has 2 heteroatoms. The fourth-order valence-electron chi connectivity index (χ4n) is 3.15. The first-order valence-electron chi connectivity index (χ1n) is 7.09. The molecule has 2 nitrogen and oxygen atoms in total. The normalized spacial score (nSPS) is 23.4. The topological polar surface area (TPSA) is 30.2 Å². The van der Waals surface area contributed by atoms with E-state index in [4.69, 9.17) is 4.42 Å². The first kappa shape index (κ1) is 11.8. The molecule has 1 heterocycles. The van der Waals surface area contributed by atoms with Crippen LogP contribution < -0.4 is 5.63 Å². The van der Waals surface area contributed by atoms with E-state index < -0.39 is 0 Å². The second-order valence-corrected chi connectivity index (χ2v) is 5.73. The molecule has 0 radical (unpaired) electrons. The number of allylic oxidation sites excluding steroid dienone is 2. The van der Waals surface area contributed by atoms with Crippen molar-refractivity contribution in [3.63, 3.8) is 0 Å². The van der Waals surface area contributed by atoms with E-state index in [1.807, 2.05) is 0 Å². The van der Waals surface area contributed by atoms with Crippen molar-refractivity contribution in [2.75, 3.05) is 0 Å². The van der Waals surface area contributed by atoms with E-state index in [9.17, 15) is 4.79 Å². The lowest BCUT2D eigenvalue weighted by Crippen LogP contribution is -2.13. The summed E-state index contributed by atoms with van der Waals surface area (Å²) < 4.78 is 5.54. The quantitative estimate of drug-likeness (QED) is 0.705. The van der Waals surface area contributed by atoms with Crippen LogP contribution in [-0.4, -0.2) is 0 Å². The molecule has 0 bridgehead atoms. The first-order chi connectivity index (χ1) is 8.74. The van der Waals surface area contributed by atoms with Crippen molar-refractivity contribution in [2.45, 2.75) is 51.9 Å².